The van der Waals surface area contributed by atoms with E-state index in [-0.39, 0.29) is 18.4 Å². The Morgan fingerprint density at radius 2 is 2.00 bits per heavy atom. The van der Waals surface area contributed by atoms with Gasteiger partial charge in [-0.15, -0.1) is 0 Å². The van der Waals surface area contributed by atoms with Gasteiger partial charge in [0.1, 0.15) is 5.54 Å². The molecule has 0 atom stereocenters. The van der Waals surface area contributed by atoms with Gasteiger partial charge in [0.15, 0.2) is 0 Å². The minimum absolute atomic E-state index is 0.146. The molecule has 2 N–H and O–H groups in total. The smallest absolute Gasteiger partial charge is 0.337 e. The fourth-order valence-corrected chi connectivity index (χ4v) is 1.71. The summed E-state index contributed by atoms with van der Waals surface area (Å²) in [5, 5.41) is 5.21. The highest BCUT2D eigenvalue weighted by atomic mass is 16.5. The topological polar surface area (TPSA) is 97.4 Å². The maximum absolute atomic E-state index is 12.0. The third-order valence-corrected chi connectivity index (χ3v) is 2.72. The van der Waals surface area contributed by atoms with Crippen LogP contribution in [-0.2, 0) is 20.9 Å². The number of hydrogen-bond donors (Lipinski definition) is 2. The van der Waals surface area contributed by atoms with Gasteiger partial charge in [-0.05, 0) is 26.0 Å². The molecule has 1 aromatic heterocycles. The van der Waals surface area contributed by atoms with E-state index in [9.17, 15) is 14.4 Å². The van der Waals surface area contributed by atoms with Crippen molar-refractivity contribution in [1.29, 1.82) is 0 Å². The number of hydrogen-bond acceptors (Lipinski definition) is 5. The predicted molar refractivity (Wildman–Crippen MR) is 75.3 cm³/mol. The normalized spacial score (nSPS) is 10.7. The molecule has 0 radical (unpaired) electrons. The van der Waals surface area contributed by atoms with Crippen molar-refractivity contribution in [3.8, 4) is 0 Å². The number of methoxy groups -OCH3 is 1. The molecule has 1 aromatic rings. The molecule has 0 bridgehead atoms. The van der Waals surface area contributed by atoms with Crippen LogP contribution in [0, 0.1) is 0 Å². The van der Waals surface area contributed by atoms with E-state index in [1.807, 2.05) is 0 Å². The summed E-state index contributed by atoms with van der Waals surface area (Å²) in [6, 6.07) is 3.07. The molecule has 1 rings (SSSR count). The van der Waals surface area contributed by atoms with E-state index in [0.717, 1.165) is 0 Å². The fraction of sp³-hybridized carbons (Fsp3) is 0.429. The Bertz CT molecular complexity index is 555. The molecule has 0 fully saturated rings. The summed E-state index contributed by atoms with van der Waals surface area (Å²) in [6.07, 6.45) is 1.46. The molecule has 0 aliphatic heterocycles. The second kappa shape index (κ2) is 6.83. The Hall–Kier alpha value is -2.44. The summed E-state index contributed by atoms with van der Waals surface area (Å²) >= 11 is 0. The molecule has 0 saturated carbocycles. The van der Waals surface area contributed by atoms with Crippen LogP contribution in [-0.4, -0.2) is 35.4 Å². The number of amides is 2. The van der Waals surface area contributed by atoms with E-state index in [0.29, 0.717) is 11.3 Å². The van der Waals surface area contributed by atoms with Crippen LogP contribution >= 0.6 is 0 Å². The first-order chi connectivity index (χ1) is 9.76. The molecule has 0 aromatic carbocycles. The molecule has 0 aliphatic carbocycles. The lowest BCUT2D eigenvalue weighted by Gasteiger charge is -2.24. The number of carbonyl (C=O) groups excluding carboxylic acids is 3. The molecular weight excluding hydrogens is 274 g/mol. The lowest BCUT2D eigenvalue weighted by atomic mass is 10.0. The Morgan fingerprint density at radius 1 is 1.33 bits per heavy atom. The monoisotopic (exact) mass is 293 g/mol. The van der Waals surface area contributed by atoms with Crippen LogP contribution in [0.4, 0.5) is 0 Å². The zero-order valence-corrected chi connectivity index (χ0v) is 12.5. The molecular formula is C14H19N3O4. The van der Waals surface area contributed by atoms with Gasteiger partial charge in [-0.1, -0.05) is 0 Å². The molecule has 7 heteroatoms. The Kier molecular flexibility index (Phi) is 5.40. The fourth-order valence-electron chi connectivity index (χ4n) is 1.71. The molecule has 0 spiro atoms. The first-order valence-corrected chi connectivity index (χ1v) is 6.36. The minimum Gasteiger partial charge on any atom is -0.465 e. The van der Waals surface area contributed by atoms with E-state index >= 15 is 0 Å². The highest BCUT2D eigenvalue weighted by Crippen LogP contribution is 2.05. The van der Waals surface area contributed by atoms with E-state index in [1.165, 1.54) is 32.4 Å². The second-order valence-corrected chi connectivity index (χ2v) is 5.02. The van der Waals surface area contributed by atoms with Crippen molar-refractivity contribution in [3.05, 3.63) is 29.6 Å². The van der Waals surface area contributed by atoms with Gasteiger partial charge in [-0.3, -0.25) is 14.6 Å². The number of nitrogens with one attached hydrogen (secondary N) is 2. The summed E-state index contributed by atoms with van der Waals surface area (Å²) in [6.45, 7) is 4.69. The van der Waals surface area contributed by atoms with Crippen LogP contribution in [0.2, 0.25) is 0 Å². The zero-order chi connectivity index (χ0) is 16.0. The van der Waals surface area contributed by atoms with Gasteiger partial charge in [0.2, 0.25) is 11.8 Å². The van der Waals surface area contributed by atoms with Crippen molar-refractivity contribution in [2.24, 2.45) is 0 Å². The molecule has 7 nitrogen and oxygen atoms in total. The number of rotatable bonds is 5. The van der Waals surface area contributed by atoms with Crippen molar-refractivity contribution in [1.82, 2.24) is 15.6 Å². The summed E-state index contributed by atoms with van der Waals surface area (Å²) in [5.74, 6) is -1.10. The highest BCUT2D eigenvalue weighted by molar-refractivity contribution is 5.90. The summed E-state index contributed by atoms with van der Waals surface area (Å²) in [5.41, 5.74) is -0.144. The van der Waals surface area contributed by atoms with Gasteiger partial charge in [0.25, 0.3) is 0 Å². The Morgan fingerprint density at radius 3 is 2.57 bits per heavy atom. The molecule has 0 aliphatic rings. The average Bonchev–Trinajstić information content (AvgIpc) is 2.42. The minimum atomic E-state index is -1.02. The van der Waals surface area contributed by atoms with Gasteiger partial charge < -0.3 is 15.4 Å². The Balaban J connectivity index is 2.69. The third kappa shape index (κ3) is 4.87. The predicted octanol–water partition coefficient (Wildman–Crippen LogP) is 0.399. The maximum Gasteiger partial charge on any atom is 0.337 e. The number of pyridine rings is 1. The van der Waals surface area contributed by atoms with E-state index in [1.54, 1.807) is 13.8 Å². The van der Waals surface area contributed by atoms with E-state index in [2.05, 4.69) is 20.4 Å². The first kappa shape index (κ1) is 16.6. The average molecular weight is 293 g/mol. The van der Waals surface area contributed by atoms with Crippen LogP contribution in [0.3, 0.4) is 0 Å². The zero-order valence-electron chi connectivity index (χ0n) is 12.5. The van der Waals surface area contributed by atoms with Crippen LogP contribution in [0.1, 0.15) is 36.8 Å². The van der Waals surface area contributed by atoms with Crippen molar-refractivity contribution in [2.75, 3.05) is 7.11 Å². The number of aromatic nitrogens is 1. The first-order valence-electron chi connectivity index (χ1n) is 6.36. The van der Waals surface area contributed by atoms with Crippen LogP contribution in [0.25, 0.3) is 0 Å². The standard InChI is InChI=1S/C14H19N3O4/c1-9(18)17-14(2,3)13(20)16-8-11-7-10(5-6-15-11)12(19)21-4/h5-7H,8H2,1-4H3,(H,16,20)(H,17,18). The lowest BCUT2D eigenvalue weighted by molar-refractivity contribution is -0.131. The van der Waals surface area contributed by atoms with Gasteiger partial charge >= 0.3 is 5.97 Å². The van der Waals surface area contributed by atoms with Crippen LogP contribution in [0.5, 0.6) is 0 Å². The molecule has 0 unspecified atom stereocenters. The number of esters is 1. The maximum atomic E-state index is 12.0. The highest BCUT2D eigenvalue weighted by Gasteiger charge is 2.27. The number of carbonyl (C=O) groups is 3. The quantitative estimate of drug-likeness (QED) is 0.766. The number of nitrogens with zero attached hydrogens (tertiary/aromatic N) is 1. The Labute approximate surface area is 123 Å². The SMILES string of the molecule is COC(=O)c1ccnc(CNC(=O)C(C)(C)NC(C)=O)c1. The van der Waals surface area contributed by atoms with Crippen molar-refractivity contribution < 1.29 is 19.1 Å². The largest absolute Gasteiger partial charge is 0.465 e. The van der Waals surface area contributed by atoms with E-state index in [4.69, 9.17) is 0 Å². The van der Waals surface area contributed by atoms with Gasteiger partial charge in [-0.2, -0.15) is 0 Å². The van der Waals surface area contributed by atoms with E-state index < -0.39 is 11.5 Å². The molecule has 0 saturated heterocycles. The van der Waals surface area contributed by atoms with Crippen molar-refractivity contribution >= 4 is 17.8 Å². The van der Waals surface area contributed by atoms with Gasteiger partial charge in [0.05, 0.1) is 24.9 Å². The van der Waals surface area contributed by atoms with Crippen molar-refractivity contribution in [3.63, 3.8) is 0 Å². The van der Waals surface area contributed by atoms with Crippen molar-refractivity contribution in [2.45, 2.75) is 32.9 Å². The molecule has 2 amide bonds. The molecule has 114 valence electrons. The summed E-state index contributed by atoms with van der Waals surface area (Å²) in [4.78, 5) is 38.5. The van der Waals surface area contributed by atoms with Crippen LogP contribution < -0.4 is 10.6 Å². The molecule has 1 heterocycles. The third-order valence-electron chi connectivity index (χ3n) is 2.72. The second-order valence-electron chi connectivity index (χ2n) is 5.02. The summed E-state index contributed by atoms with van der Waals surface area (Å²) in [7, 11) is 1.29. The number of ether oxygens (including phenoxy) is 1. The van der Waals surface area contributed by atoms with Gasteiger partial charge in [0, 0.05) is 13.1 Å². The molecule has 21 heavy (non-hydrogen) atoms. The van der Waals surface area contributed by atoms with Crippen LogP contribution in [0.15, 0.2) is 18.3 Å². The lowest BCUT2D eigenvalue weighted by Crippen LogP contribution is -2.54. The van der Waals surface area contributed by atoms with Gasteiger partial charge in [-0.25, -0.2) is 4.79 Å². The summed E-state index contributed by atoms with van der Waals surface area (Å²) < 4.78 is 4.61.